The Labute approximate surface area is 124 Å². The number of hydrogen-bond donors (Lipinski definition) is 2. The van der Waals surface area contributed by atoms with Crippen molar-refractivity contribution in [1.29, 1.82) is 0 Å². The van der Waals surface area contributed by atoms with E-state index in [1.165, 1.54) is 6.07 Å². The molecular weight excluding hydrogens is 295 g/mol. The molecule has 1 atom stereocenters. The molecule has 0 saturated carbocycles. The van der Waals surface area contributed by atoms with Crippen molar-refractivity contribution in [2.45, 2.75) is 13.0 Å². The normalized spacial score (nSPS) is 12.5. The van der Waals surface area contributed by atoms with Gasteiger partial charge in [-0.2, -0.15) is 0 Å². The highest BCUT2D eigenvalue weighted by Crippen LogP contribution is 2.25. The number of benzene rings is 2. The fraction of sp³-hybridized carbons (Fsp3) is 0.133. The molecular formula is C15H12ClFN2O2. The van der Waals surface area contributed by atoms with Crippen LogP contribution in [0.25, 0.3) is 11.1 Å². The van der Waals surface area contributed by atoms with E-state index in [0.29, 0.717) is 11.1 Å². The second-order valence-electron chi connectivity index (χ2n) is 4.77. The maximum atomic E-state index is 13.2. The number of hydrogen-bond acceptors (Lipinski definition) is 3. The number of fused-ring (bicyclic) bond motifs is 1. The van der Waals surface area contributed by atoms with Gasteiger partial charge >= 0.3 is 5.76 Å². The number of oxazole rings is 1. The summed E-state index contributed by atoms with van der Waals surface area (Å²) in [4.78, 5) is 13.7. The third kappa shape index (κ3) is 2.78. The molecule has 0 fully saturated rings. The van der Waals surface area contributed by atoms with Gasteiger partial charge in [-0.15, -0.1) is 0 Å². The van der Waals surface area contributed by atoms with Crippen LogP contribution in [0.1, 0.15) is 18.5 Å². The van der Waals surface area contributed by atoms with E-state index in [1.54, 1.807) is 30.3 Å². The molecule has 1 heterocycles. The zero-order chi connectivity index (χ0) is 15.0. The van der Waals surface area contributed by atoms with E-state index in [2.05, 4.69) is 10.3 Å². The Morgan fingerprint density at radius 3 is 2.86 bits per heavy atom. The minimum Gasteiger partial charge on any atom is -0.408 e. The van der Waals surface area contributed by atoms with Gasteiger partial charge in [-0.3, -0.25) is 4.98 Å². The molecule has 0 amide bonds. The van der Waals surface area contributed by atoms with E-state index in [1.807, 2.05) is 6.92 Å². The summed E-state index contributed by atoms with van der Waals surface area (Å²) in [6, 6.07) is 9.83. The van der Waals surface area contributed by atoms with Gasteiger partial charge < -0.3 is 9.73 Å². The lowest BCUT2D eigenvalue weighted by molar-refractivity contribution is 0.555. The van der Waals surface area contributed by atoms with Crippen LogP contribution in [-0.2, 0) is 0 Å². The van der Waals surface area contributed by atoms with Crippen molar-refractivity contribution in [3.05, 3.63) is 63.4 Å². The van der Waals surface area contributed by atoms with Crippen LogP contribution < -0.4 is 11.1 Å². The first kappa shape index (κ1) is 13.7. The smallest absolute Gasteiger partial charge is 0.408 e. The van der Waals surface area contributed by atoms with E-state index in [9.17, 15) is 9.18 Å². The highest BCUT2D eigenvalue weighted by molar-refractivity contribution is 6.30. The standard InChI is InChI=1S/C15H12ClFN2O2/c1-8(9-2-4-12(17)11(16)6-9)18-10-3-5-14-13(7-10)19-15(20)21-14/h2-8,18H,1H3,(H,19,20). The SMILES string of the molecule is CC(Nc1ccc2oc(=O)[nH]c2c1)c1ccc(F)c(Cl)c1. The Kier molecular flexibility index (Phi) is 3.43. The molecule has 2 aromatic carbocycles. The zero-order valence-electron chi connectivity index (χ0n) is 11.1. The quantitative estimate of drug-likeness (QED) is 0.766. The molecule has 0 aliphatic carbocycles. The van der Waals surface area contributed by atoms with Crippen molar-refractivity contribution in [3.63, 3.8) is 0 Å². The molecule has 3 aromatic rings. The topological polar surface area (TPSA) is 58.0 Å². The van der Waals surface area contributed by atoms with Gasteiger partial charge in [0.1, 0.15) is 5.82 Å². The lowest BCUT2D eigenvalue weighted by Crippen LogP contribution is -2.06. The van der Waals surface area contributed by atoms with Gasteiger partial charge in [0, 0.05) is 11.7 Å². The van der Waals surface area contributed by atoms with Crippen molar-refractivity contribution in [3.8, 4) is 0 Å². The first-order valence-corrected chi connectivity index (χ1v) is 6.75. The molecule has 0 saturated heterocycles. The van der Waals surface area contributed by atoms with Crippen LogP contribution in [0.3, 0.4) is 0 Å². The minimum absolute atomic E-state index is 0.0702. The average Bonchev–Trinajstić information content (AvgIpc) is 2.81. The second kappa shape index (κ2) is 5.26. The number of aromatic amines is 1. The largest absolute Gasteiger partial charge is 0.417 e. The molecule has 21 heavy (non-hydrogen) atoms. The van der Waals surface area contributed by atoms with E-state index in [-0.39, 0.29) is 11.1 Å². The molecule has 0 aliphatic rings. The molecule has 2 N–H and O–H groups in total. The van der Waals surface area contributed by atoms with Gasteiger partial charge in [-0.05, 0) is 42.8 Å². The summed E-state index contributed by atoms with van der Waals surface area (Å²) in [6.07, 6.45) is 0. The van der Waals surface area contributed by atoms with E-state index in [4.69, 9.17) is 16.0 Å². The third-order valence-corrected chi connectivity index (χ3v) is 3.54. The summed E-state index contributed by atoms with van der Waals surface area (Å²) in [7, 11) is 0. The molecule has 0 aliphatic heterocycles. The Bertz CT molecular complexity index is 856. The van der Waals surface area contributed by atoms with Gasteiger partial charge in [0.05, 0.1) is 10.5 Å². The van der Waals surface area contributed by atoms with Gasteiger partial charge in [-0.25, -0.2) is 9.18 Å². The predicted octanol–water partition coefficient (Wildman–Crippen LogP) is 4.09. The fourth-order valence-electron chi connectivity index (χ4n) is 2.16. The van der Waals surface area contributed by atoms with Crippen molar-refractivity contribution in [2.24, 2.45) is 0 Å². The van der Waals surface area contributed by atoms with Crippen LogP contribution in [0.5, 0.6) is 0 Å². The predicted molar refractivity (Wildman–Crippen MR) is 80.3 cm³/mol. The maximum absolute atomic E-state index is 13.2. The average molecular weight is 307 g/mol. The van der Waals surface area contributed by atoms with Crippen LogP contribution in [0.15, 0.2) is 45.6 Å². The first-order chi connectivity index (χ1) is 10.0. The highest BCUT2D eigenvalue weighted by atomic mass is 35.5. The third-order valence-electron chi connectivity index (χ3n) is 3.25. The van der Waals surface area contributed by atoms with E-state index >= 15 is 0 Å². The number of anilines is 1. The van der Waals surface area contributed by atoms with Crippen molar-refractivity contribution >= 4 is 28.4 Å². The number of aromatic nitrogens is 1. The Morgan fingerprint density at radius 2 is 2.10 bits per heavy atom. The Hall–Kier alpha value is -2.27. The molecule has 0 spiro atoms. The number of rotatable bonds is 3. The molecule has 3 rings (SSSR count). The summed E-state index contributed by atoms with van der Waals surface area (Å²) in [5.74, 6) is -0.925. The van der Waals surface area contributed by atoms with Gasteiger partial charge in [0.15, 0.2) is 5.58 Å². The van der Waals surface area contributed by atoms with Gasteiger partial charge in [-0.1, -0.05) is 17.7 Å². The number of nitrogens with one attached hydrogen (secondary N) is 2. The van der Waals surface area contributed by atoms with Gasteiger partial charge in [0.25, 0.3) is 0 Å². The fourth-order valence-corrected chi connectivity index (χ4v) is 2.35. The van der Waals surface area contributed by atoms with Crippen molar-refractivity contribution < 1.29 is 8.81 Å². The molecule has 0 radical (unpaired) electrons. The summed E-state index contributed by atoms with van der Waals surface area (Å²) < 4.78 is 18.1. The van der Waals surface area contributed by atoms with Crippen molar-refractivity contribution in [2.75, 3.05) is 5.32 Å². The zero-order valence-corrected chi connectivity index (χ0v) is 11.9. The van der Waals surface area contributed by atoms with E-state index in [0.717, 1.165) is 11.3 Å². The Morgan fingerprint density at radius 1 is 1.29 bits per heavy atom. The number of halogens is 2. The van der Waals surface area contributed by atoms with Crippen LogP contribution >= 0.6 is 11.6 Å². The molecule has 1 unspecified atom stereocenters. The highest BCUT2D eigenvalue weighted by Gasteiger charge is 2.09. The van der Waals surface area contributed by atoms with Crippen LogP contribution in [0.4, 0.5) is 10.1 Å². The summed E-state index contributed by atoms with van der Waals surface area (Å²) >= 11 is 5.79. The summed E-state index contributed by atoms with van der Waals surface area (Å²) in [5, 5.41) is 3.35. The molecule has 4 nitrogen and oxygen atoms in total. The monoisotopic (exact) mass is 306 g/mol. The van der Waals surface area contributed by atoms with Crippen molar-refractivity contribution in [1.82, 2.24) is 4.98 Å². The lowest BCUT2D eigenvalue weighted by atomic mass is 10.1. The minimum atomic E-state index is -0.486. The maximum Gasteiger partial charge on any atom is 0.417 e. The molecule has 108 valence electrons. The van der Waals surface area contributed by atoms with Gasteiger partial charge in [0.2, 0.25) is 0 Å². The van der Waals surface area contributed by atoms with Crippen LogP contribution in [0.2, 0.25) is 5.02 Å². The van der Waals surface area contributed by atoms with E-state index < -0.39 is 11.6 Å². The number of H-pyrrole nitrogens is 1. The lowest BCUT2D eigenvalue weighted by Gasteiger charge is -2.16. The summed E-state index contributed by atoms with van der Waals surface area (Å²) in [6.45, 7) is 1.94. The second-order valence-corrected chi connectivity index (χ2v) is 5.17. The molecule has 6 heteroatoms. The molecule has 1 aromatic heterocycles. The van der Waals surface area contributed by atoms with Crippen LogP contribution in [-0.4, -0.2) is 4.98 Å². The Balaban J connectivity index is 1.86. The molecule has 0 bridgehead atoms. The van der Waals surface area contributed by atoms with Crippen LogP contribution in [0, 0.1) is 5.82 Å². The first-order valence-electron chi connectivity index (χ1n) is 6.37. The summed E-state index contributed by atoms with van der Waals surface area (Å²) in [5.41, 5.74) is 2.80.